The summed E-state index contributed by atoms with van der Waals surface area (Å²) in [5, 5.41) is 21.2. The molecule has 1 saturated heterocycles. The number of hydrogen-bond acceptors (Lipinski definition) is 7. The molecule has 1 aromatic carbocycles. The number of β-lactam (4-membered cyclic amide) rings is 1. The minimum atomic E-state index is -0.684. The molecule has 0 bridgehead atoms. The molecular weight excluding hydrogens is 450 g/mol. The third-order valence-electron chi connectivity index (χ3n) is 5.66. The monoisotopic (exact) mass is 473 g/mol. The number of aromatic nitrogens is 1. The fourth-order valence-electron chi connectivity index (χ4n) is 3.86. The van der Waals surface area contributed by atoms with Gasteiger partial charge in [-0.3, -0.25) is 19.8 Å². The second kappa shape index (κ2) is 9.43. The van der Waals surface area contributed by atoms with E-state index in [0.29, 0.717) is 18.5 Å². The molecular formula is C22H23N3O5S2. The van der Waals surface area contributed by atoms with Crippen molar-refractivity contribution in [3.05, 3.63) is 75.1 Å². The number of ether oxygens (including phenoxy) is 1. The van der Waals surface area contributed by atoms with Crippen LogP contribution < -0.4 is 0 Å². The third kappa shape index (κ3) is 4.30. The Balaban J connectivity index is 1.49. The van der Waals surface area contributed by atoms with Crippen LogP contribution in [0.2, 0.25) is 0 Å². The lowest BCUT2D eigenvalue weighted by Gasteiger charge is -2.44. The van der Waals surface area contributed by atoms with Crippen LogP contribution in [0.1, 0.15) is 25.3 Å². The zero-order valence-corrected chi connectivity index (χ0v) is 19.1. The highest BCUT2D eigenvalue weighted by Crippen LogP contribution is 2.52. The van der Waals surface area contributed by atoms with Gasteiger partial charge in [0, 0.05) is 36.0 Å². The molecule has 1 amide bonds. The zero-order chi connectivity index (χ0) is 22.8. The Bertz CT molecular complexity index is 1050. The van der Waals surface area contributed by atoms with Crippen molar-refractivity contribution in [3.8, 4) is 0 Å². The molecule has 0 spiro atoms. The van der Waals surface area contributed by atoms with Gasteiger partial charge in [-0.2, -0.15) is 0 Å². The Morgan fingerprint density at radius 1 is 1.31 bits per heavy atom. The molecule has 32 heavy (non-hydrogen) atoms. The number of benzene rings is 1. The van der Waals surface area contributed by atoms with Crippen LogP contribution in [0.25, 0.3) is 0 Å². The van der Waals surface area contributed by atoms with Crippen LogP contribution in [0.5, 0.6) is 0 Å². The number of non-ortho nitro benzene ring substituents is 1. The first-order valence-corrected chi connectivity index (χ1v) is 11.6. The van der Waals surface area contributed by atoms with Gasteiger partial charge in [0.2, 0.25) is 11.0 Å². The number of allylic oxidation sites excluding steroid dienone is 1. The molecule has 2 aliphatic rings. The van der Waals surface area contributed by atoms with Crippen molar-refractivity contribution in [1.82, 2.24) is 9.47 Å². The van der Waals surface area contributed by atoms with Crippen LogP contribution in [0, 0.1) is 16.0 Å². The summed E-state index contributed by atoms with van der Waals surface area (Å²) in [6.45, 7) is 2.74. The number of nitro benzene ring substituents is 1. The number of thioether (sulfide) groups is 1. The first-order chi connectivity index (χ1) is 15.4. The number of amides is 1. The summed E-state index contributed by atoms with van der Waals surface area (Å²) >= 11 is 7.13. The van der Waals surface area contributed by atoms with Crippen molar-refractivity contribution < 1.29 is 19.6 Å². The summed E-state index contributed by atoms with van der Waals surface area (Å²) < 4.78 is 7.89. The van der Waals surface area contributed by atoms with Gasteiger partial charge in [0.25, 0.3) is 5.69 Å². The number of nitrogens with zero attached hydrogens (tertiary/aromatic N) is 3. The maximum atomic E-state index is 12.8. The van der Waals surface area contributed by atoms with Crippen molar-refractivity contribution >= 4 is 40.6 Å². The van der Waals surface area contributed by atoms with Gasteiger partial charge in [-0.25, -0.2) is 0 Å². The van der Waals surface area contributed by atoms with Crippen LogP contribution in [0.15, 0.2) is 59.4 Å². The second-order valence-corrected chi connectivity index (χ2v) is 9.24. The molecule has 0 radical (unpaired) electrons. The average Bonchev–Trinajstić information content (AvgIpc) is 3.42. The Hall–Kier alpha value is -2.69. The summed E-state index contributed by atoms with van der Waals surface area (Å²) in [5.41, 5.74) is 1.35. The maximum absolute atomic E-state index is 12.8. The van der Waals surface area contributed by atoms with Crippen LogP contribution >= 0.6 is 24.0 Å². The number of aliphatic hydroxyl groups excluding tert-OH is 1. The molecule has 8 nitrogen and oxygen atoms in total. The molecule has 1 N–H and O–H groups in total. The Morgan fingerprint density at radius 2 is 2.00 bits per heavy atom. The average molecular weight is 474 g/mol. The number of aliphatic hydroxyl groups is 1. The lowest BCUT2D eigenvalue weighted by molar-refractivity contribution is -0.384. The van der Waals surface area contributed by atoms with E-state index in [1.807, 2.05) is 31.5 Å². The number of fused-ring (bicyclic) bond motifs is 1. The molecule has 0 saturated carbocycles. The van der Waals surface area contributed by atoms with Crippen LogP contribution in [-0.2, 0) is 22.7 Å². The Morgan fingerprint density at radius 3 is 2.62 bits per heavy atom. The molecule has 1 aromatic heterocycles. The van der Waals surface area contributed by atoms with Crippen LogP contribution in [-0.4, -0.2) is 41.9 Å². The van der Waals surface area contributed by atoms with Gasteiger partial charge in [-0.05, 0) is 54.9 Å². The third-order valence-corrected chi connectivity index (χ3v) is 7.40. The minimum absolute atomic E-state index is 0.00747. The van der Waals surface area contributed by atoms with Crippen molar-refractivity contribution in [3.63, 3.8) is 0 Å². The number of carbonyl (C=O) groups excluding carboxylic acids is 1. The van der Waals surface area contributed by atoms with E-state index in [9.17, 15) is 20.0 Å². The molecule has 0 aliphatic carbocycles. The van der Waals surface area contributed by atoms with E-state index in [-0.39, 0.29) is 28.6 Å². The van der Waals surface area contributed by atoms with Crippen molar-refractivity contribution in [2.24, 2.45) is 5.92 Å². The lowest BCUT2D eigenvalue weighted by Crippen LogP contribution is -2.61. The zero-order valence-electron chi connectivity index (χ0n) is 17.4. The number of hydrogen-bond donors (Lipinski definition) is 1. The summed E-state index contributed by atoms with van der Waals surface area (Å²) in [7, 11) is 0. The van der Waals surface area contributed by atoms with E-state index in [4.69, 9.17) is 17.0 Å². The highest BCUT2D eigenvalue weighted by molar-refractivity contribution is 8.04. The fourth-order valence-corrected chi connectivity index (χ4v) is 5.77. The highest BCUT2D eigenvalue weighted by Gasteiger charge is 2.57. The Labute approximate surface area is 195 Å². The molecule has 2 aliphatic heterocycles. The van der Waals surface area contributed by atoms with Gasteiger partial charge in [0.1, 0.15) is 17.7 Å². The Kier molecular flexibility index (Phi) is 6.63. The van der Waals surface area contributed by atoms with Crippen LogP contribution in [0.4, 0.5) is 5.69 Å². The summed E-state index contributed by atoms with van der Waals surface area (Å²) in [4.78, 5) is 25.8. The summed E-state index contributed by atoms with van der Waals surface area (Å²) in [5.74, 6) is -0.578. The SMILES string of the molecule is CC[C@H](O)[C@@H]1C(=O)N2C(C(=S)OCc3ccc([N+](=O)[O-])cc3)=C(CCn3cccc3)S[C@H]12. The van der Waals surface area contributed by atoms with Gasteiger partial charge in [0.05, 0.1) is 16.9 Å². The first kappa shape index (κ1) is 22.5. The molecule has 168 valence electrons. The van der Waals surface area contributed by atoms with Gasteiger partial charge in [-0.1, -0.05) is 6.92 Å². The number of thiocarbonyl (C=S) groups is 1. The number of aryl methyl sites for hydroxylation is 1. The highest BCUT2D eigenvalue weighted by atomic mass is 32.2. The predicted molar refractivity (Wildman–Crippen MR) is 125 cm³/mol. The van der Waals surface area contributed by atoms with E-state index in [2.05, 4.69) is 4.57 Å². The van der Waals surface area contributed by atoms with Gasteiger partial charge < -0.3 is 14.4 Å². The van der Waals surface area contributed by atoms with E-state index >= 15 is 0 Å². The number of rotatable bonds is 9. The van der Waals surface area contributed by atoms with Crippen molar-refractivity contribution in [2.75, 3.05) is 0 Å². The topological polar surface area (TPSA) is 97.8 Å². The number of carbonyl (C=O) groups is 1. The standard InChI is InChI=1S/C22H23N3O5S2/c1-2-16(26)18-20(27)24-19(17(32-21(18)24)9-12-23-10-3-4-11-23)22(31)30-13-14-5-7-15(8-6-14)25(28)29/h3-8,10-11,16,18,21,26H,2,9,12-13H2,1H3/t16-,18+,21+/m0/s1. The smallest absolute Gasteiger partial charge is 0.269 e. The number of nitro groups is 1. The molecule has 0 unspecified atom stereocenters. The molecule has 3 atom stereocenters. The van der Waals surface area contributed by atoms with E-state index in [0.717, 1.165) is 17.0 Å². The molecule has 3 heterocycles. The van der Waals surface area contributed by atoms with Gasteiger partial charge >= 0.3 is 0 Å². The van der Waals surface area contributed by atoms with Gasteiger partial charge in [0.15, 0.2) is 0 Å². The second-order valence-electron chi connectivity index (χ2n) is 7.66. The summed E-state index contributed by atoms with van der Waals surface area (Å²) in [6.07, 6.45) is 4.47. The quantitative estimate of drug-likeness (QED) is 0.256. The molecule has 10 heteroatoms. The molecule has 2 aromatic rings. The van der Waals surface area contributed by atoms with Crippen molar-refractivity contribution in [2.45, 2.75) is 44.4 Å². The minimum Gasteiger partial charge on any atom is -0.477 e. The van der Waals surface area contributed by atoms with E-state index in [1.165, 1.54) is 12.1 Å². The van der Waals surface area contributed by atoms with Gasteiger partial charge in [-0.15, -0.1) is 11.8 Å². The van der Waals surface area contributed by atoms with E-state index in [1.54, 1.807) is 28.8 Å². The maximum Gasteiger partial charge on any atom is 0.269 e. The molecule has 1 fully saturated rings. The first-order valence-electron chi connectivity index (χ1n) is 10.3. The van der Waals surface area contributed by atoms with Crippen LogP contribution in [0.3, 0.4) is 0 Å². The fraction of sp³-hybridized carbons (Fsp3) is 0.364. The normalized spacial score (nSPS) is 20.7. The predicted octanol–water partition coefficient (Wildman–Crippen LogP) is 3.84. The molecule has 4 rings (SSSR count). The van der Waals surface area contributed by atoms with Crippen molar-refractivity contribution in [1.29, 1.82) is 0 Å². The lowest BCUT2D eigenvalue weighted by atomic mass is 9.90. The van der Waals surface area contributed by atoms with E-state index < -0.39 is 16.9 Å². The largest absolute Gasteiger partial charge is 0.477 e. The summed E-state index contributed by atoms with van der Waals surface area (Å²) in [6, 6.07) is 9.99.